The van der Waals surface area contributed by atoms with Crippen LogP contribution in [0.5, 0.6) is 0 Å². The summed E-state index contributed by atoms with van der Waals surface area (Å²) in [6.45, 7) is 0.350. The van der Waals surface area contributed by atoms with E-state index < -0.39 is 0 Å². The van der Waals surface area contributed by atoms with Gasteiger partial charge in [-0.15, -0.1) is 0 Å². The van der Waals surface area contributed by atoms with Crippen LogP contribution in [0.2, 0.25) is 0 Å². The fourth-order valence-electron chi connectivity index (χ4n) is 1.73. The van der Waals surface area contributed by atoms with Crippen molar-refractivity contribution in [3.63, 3.8) is 0 Å². The van der Waals surface area contributed by atoms with Crippen molar-refractivity contribution in [2.75, 3.05) is 6.54 Å². The summed E-state index contributed by atoms with van der Waals surface area (Å²) in [7, 11) is 1.82. The highest BCUT2D eigenvalue weighted by atomic mass is 16.2. The number of rotatable bonds is 4. The Morgan fingerprint density at radius 1 is 1.44 bits per heavy atom. The maximum absolute atomic E-state index is 12.0. The minimum atomic E-state index is -0.213. The number of aromatic nitrogens is 2. The molecule has 1 aromatic carbocycles. The summed E-state index contributed by atoms with van der Waals surface area (Å²) in [6.07, 6.45) is 3.27. The maximum Gasteiger partial charge on any atom is 0.271 e. The second-order valence-electron chi connectivity index (χ2n) is 4.10. The van der Waals surface area contributed by atoms with Crippen LogP contribution in [-0.4, -0.2) is 22.0 Å². The van der Waals surface area contributed by atoms with Crippen molar-refractivity contribution in [2.24, 2.45) is 12.8 Å². The van der Waals surface area contributed by atoms with Gasteiger partial charge in [-0.05, 0) is 5.56 Å². The molecule has 5 heteroatoms. The number of carbonyl (C=O) groups is 1. The third kappa shape index (κ3) is 2.75. The van der Waals surface area contributed by atoms with Crippen LogP contribution in [0, 0.1) is 0 Å². The molecule has 0 aliphatic heterocycles. The van der Waals surface area contributed by atoms with E-state index in [9.17, 15) is 4.79 Å². The number of imidazole rings is 1. The first-order valence-electron chi connectivity index (χ1n) is 5.74. The topological polar surface area (TPSA) is 72.9 Å². The molecule has 1 aromatic heterocycles. The molecule has 0 aliphatic carbocycles. The van der Waals surface area contributed by atoms with Gasteiger partial charge in [-0.1, -0.05) is 30.3 Å². The highest BCUT2D eigenvalue weighted by Gasteiger charge is 2.15. The van der Waals surface area contributed by atoms with Gasteiger partial charge in [0.1, 0.15) is 5.69 Å². The smallest absolute Gasteiger partial charge is 0.271 e. The summed E-state index contributed by atoms with van der Waals surface area (Å²) in [6, 6.07) is 9.46. The molecule has 1 atom stereocenters. The third-order valence-electron chi connectivity index (χ3n) is 2.68. The number of carbonyl (C=O) groups excluding carboxylic acids is 1. The number of amides is 1. The number of nitrogens with zero attached hydrogens (tertiary/aromatic N) is 2. The van der Waals surface area contributed by atoms with Crippen molar-refractivity contribution in [3.8, 4) is 0 Å². The van der Waals surface area contributed by atoms with Crippen LogP contribution in [0.25, 0.3) is 0 Å². The van der Waals surface area contributed by atoms with Crippen LogP contribution < -0.4 is 11.1 Å². The van der Waals surface area contributed by atoms with E-state index in [1.54, 1.807) is 17.1 Å². The van der Waals surface area contributed by atoms with Crippen molar-refractivity contribution in [1.29, 1.82) is 0 Å². The van der Waals surface area contributed by atoms with Gasteiger partial charge in [-0.25, -0.2) is 4.98 Å². The first kappa shape index (κ1) is 12.3. The predicted octanol–water partition coefficient (Wildman–Crippen LogP) is 0.850. The molecule has 3 N–H and O–H groups in total. The van der Waals surface area contributed by atoms with Gasteiger partial charge in [0.25, 0.3) is 5.91 Å². The summed E-state index contributed by atoms with van der Waals surface area (Å²) < 4.78 is 1.73. The van der Waals surface area contributed by atoms with Gasteiger partial charge >= 0.3 is 0 Å². The van der Waals surface area contributed by atoms with E-state index in [1.807, 2.05) is 37.4 Å². The Labute approximate surface area is 106 Å². The first-order valence-corrected chi connectivity index (χ1v) is 5.74. The standard InChI is InChI=1S/C13H16N4O/c1-17-8-12(15-9-17)13(18)16-11(7-14)10-5-3-2-4-6-10/h2-6,8-9,11H,7,14H2,1H3,(H,16,18). The molecule has 0 aliphatic rings. The average molecular weight is 244 g/mol. The van der Waals surface area contributed by atoms with Crippen LogP contribution in [-0.2, 0) is 7.05 Å². The SMILES string of the molecule is Cn1cnc(C(=O)NC(CN)c2ccccc2)c1. The zero-order valence-electron chi connectivity index (χ0n) is 10.2. The molecule has 94 valence electrons. The molecule has 1 unspecified atom stereocenters. The van der Waals surface area contributed by atoms with E-state index in [0.717, 1.165) is 5.56 Å². The highest BCUT2D eigenvalue weighted by Crippen LogP contribution is 2.11. The number of nitrogens with one attached hydrogen (secondary N) is 1. The van der Waals surface area contributed by atoms with Gasteiger partial charge in [0, 0.05) is 19.8 Å². The molecule has 2 rings (SSSR count). The molecule has 1 amide bonds. The van der Waals surface area contributed by atoms with Crippen molar-refractivity contribution < 1.29 is 4.79 Å². The molecule has 18 heavy (non-hydrogen) atoms. The van der Waals surface area contributed by atoms with Crippen molar-refractivity contribution in [3.05, 3.63) is 54.1 Å². The van der Waals surface area contributed by atoms with Crippen LogP contribution >= 0.6 is 0 Å². The minimum absolute atomic E-state index is 0.194. The largest absolute Gasteiger partial charge is 0.343 e. The lowest BCUT2D eigenvalue weighted by molar-refractivity contribution is 0.0933. The molecule has 0 fully saturated rings. The van der Waals surface area contributed by atoms with Gasteiger partial charge < -0.3 is 15.6 Å². The van der Waals surface area contributed by atoms with E-state index in [2.05, 4.69) is 10.3 Å². The molecular formula is C13H16N4O. The summed E-state index contributed by atoms with van der Waals surface area (Å²) >= 11 is 0. The van der Waals surface area contributed by atoms with Crippen molar-refractivity contribution in [1.82, 2.24) is 14.9 Å². The molecule has 2 aromatic rings. The van der Waals surface area contributed by atoms with E-state index in [1.165, 1.54) is 0 Å². The first-order chi connectivity index (χ1) is 8.70. The molecule has 0 bridgehead atoms. The van der Waals surface area contributed by atoms with E-state index in [0.29, 0.717) is 12.2 Å². The number of nitrogens with two attached hydrogens (primary N) is 1. The van der Waals surface area contributed by atoms with Gasteiger partial charge in [-0.2, -0.15) is 0 Å². The summed E-state index contributed by atoms with van der Waals surface area (Å²) in [5, 5.41) is 2.87. The molecule has 0 radical (unpaired) electrons. The van der Waals surface area contributed by atoms with Crippen LogP contribution in [0.15, 0.2) is 42.9 Å². The zero-order chi connectivity index (χ0) is 13.0. The predicted molar refractivity (Wildman–Crippen MR) is 68.9 cm³/mol. The highest BCUT2D eigenvalue weighted by molar-refractivity contribution is 5.92. The molecular weight excluding hydrogens is 228 g/mol. The molecule has 0 saturated carbocycles. The van der Waals surface area contributed by atoms with Crippen LogP contribution in [0.1, 0.15) is 22.1 Å². The van der Waals surface area contributed by atoms with Gasteiger partial charge in [0.05, 0.1) is 12.4 Å². The summed E-state index contributed by atoms with van der Waals surface area (Å²) in [5.41, 5.74) is 7.08. The Hall–Kier alpha value is -2.14. The summed E-state index contributed by atoms with van der Waals surface area (Å²) in [4.78, 5) is 16.0. The Kier molecular flexibility index (Phi) is 3.74. The van der Waals surface area contributed by atoms with Crippen molar-refractivity contribution in [2.45, 2.75) is 6.04 Å². The lowest BCUT2D eigenvalue weighted by Gasteiger charge is -2.16. The lowest BCUT2D eigenvalue weighted by atomic mass is 10.1. The van der Waals surface area contributed by atoms with E-state index in [4.69, 9.17) is 5.73 Å². The zero-order valence-corrected chi connectivity index (χ0v) is 10.2. The van der Waals surface area contributed by atoms with E-state index >= 15 is 0 Å². The van der Waals surface area contributed by atoms with Crippen molar-refractivity contribution >= 4 is 5.91 Å². The fourth-order valence-corrected chi connectivity index (χ4v) is 1.73. The van der Waals surface area contributed by atoms with E-state index in [-0.39, 0.29) is 11.9 Å². The number of hydrogen-bond acceptors (Lipinski definition) is 3. The lowest BCUT2D eigenvalue weighted by Crippen LogP contribution is -2.33. The van der Waals surface area contributed by atoms with Gasteiger partial charge in [-0.3, -0.25) is 4.79 Å². The Bertz CT molecular complexity index is 521. The van der Waals surface area contributed by atoms with Crippen LogP contribution in [0.4, 0.5) is 0 Å². The second-order valence-corrected chi connectivity index (χ2v) is 4.10. The fraction of sp³-hybridized carbons (Fsp3) is 0.231. The molecule has 0 spiro atoms. The Morgan fingerprint density at radius 2 is 2.17 bits per heavy atom. The number of benzene rings is 1. The molecule has 0 saturated heterocycles. The Balaban J connectivity index is 2.10. The quantitative estimate of drug-likeness (QED) is 0.837. The third-order valence-corrected chi connectivity index (χ3v) is 2.68. The normalized spacial score (nSPS) is 12.1. The second kappa shape index (κ2) is 5.46. The maximum atomic E-state index is 12.0. The van der Waals surface area contributed by atoms with Gasteiger partial charge in [0.2, 0.25) is 0 Å². The molecule has 5 nitrogen and oxygen atoms in total. The van der Waals surface area contributed by atoms with Gasteiger partial charge in [0.15, 0.2) is 0 Å². The summed E-state index contributed by atoms with van der Waals surface area (Å²) in [5.74, 6) is -0.213. The number of aryl methyl sites for hydroxylation is 1. The number of hydrogen-bond donors (Lipinski definition) is 2. The monoisotopic (exact) mass is 244 g/mol. The molecule has 1 heterocycles. The minimum Gasteiger partial charge on any atom is -0.343 e. The van der Waals surface area contributed by atoms with Crippen LogP contribution in [0.3, 0.4) is 0 Å². The Morgan fingerprint density at radius 3 is 2.72 bits per heavy atom. The average Bonchev–Trinajstić information content (AvgIpc) is 2.83.